The molecular formula is C26H27NO4S. The molecule has 0 aliphatic carbocycles. The molecular weight excluding hydrogens is 422 g/mol. The monoisotopic (exact) mass is 449 g/mol. The lowest BCUT2D eigenvalue weighted by atomic mass is 9.96. The van der Waals surface area contributed by atoms with Crippen LogP contribution in [0.5, 0.6) is 0 Å². The number of carboxylic acids is 1. The fraction of sp³-hybridized carbons (Fsp3) is 0.231. The van der Waals surface area contributed by atoms with E-state index in [9.17, 15) is 14.7 Å². The minimum atomic E-state index is -1.03. The van der Waals surface area contributed by atoms with E-state index in [4.69, 9.17) is 4.74 Å². The number of nitrogens with one attached hydrogen (secondary N) is 1. The molecule has 0 radical (unpaired) electrons. The van der Waals surface area contributed by atoms with Gasteiger partial charge in [0.15, 0.2) is 0 Å². The zero-order chi connectivity index (χ0) is 22.8. The normalized spacial score (nSPS) is 11.7. The van der Waals surface area contributed by atoms with Crippen molar-refractivity contribution in [2.75, 3.05) is 12.0 Å². The van der Waals surface area contributed by atoms with Crippen LogP contribution in [-0.4, -0.2) is 35.0 Å². The molecule has 0 aromatic heterocycles. The molecule has 3 aromatic carbocycles. The molecule has 1 atom stereocenters. The molecule has 3 aromatic rings. The largest absolute Gasteiger partial charge is 0.480 e. The van der Waals surface area contributed by atoms with Crippen molar-refractivity contribution in [2.24, 2.45) is 0 Å². The van der Waals surface area contributed by atoms with Gasteiger partial charge in [-0.3, -0.25) is 4.79 Å². The molecule has 0 spiro atoms. The van der Waals surface area contributed by atoms with Gasteiger partial charge in [0, 0.05) is 5.56 Å². The highest BCUT2D eigenvalue weighted by atomic mass is 32.2. The van der Waals surface area contributed by atoms with Crippen molar-refractivity contribution in [3.8, 4) is 11.1 Å². The second kappa shape index (κ2) is 12.1. The predicted octanol–water partition coefficient (Wildman–Crippen LogP) is 5.01. The van der Waals surface area contributed by atoms with Crippen molar-refractivity contribution in [3.05, 3.63) is 95.6 Å². The Hall–Kier alpha value is -3.09. The van der Waals surface area contributed by atoms with E-state index in [1.165, 1.54) is 0 Å². The Morgan fingerprint density at radius 3 is 2.25 bits per heavy atom. The van der Waals surface area contributed by atoms with Gasteiger partial charge in [0.05, 0.1) is 13.2 Å². The zero-order valence-corrected chi connectivity index (χ0v) is 18.8. The number of carbonyl (C=O) groups excluding carboxylic acids is 1. The second-order valence-corrected chi connectivity index (χ2v) is 8.36. The SMILES string of the molecule is CSCCC(NC(=O)c1ccc(COCc2ccccc2)cc1-c1ccccc1)C(=O)O. The molecule has 32 heavy (non-hydrogen) atoms. The minimum Gasteiger partial charge on any atom is -0.480 e. The Kier molecular flexibility index (Phi) is 8.90. The third kappa shape index (κ3) is 6.70. The molecule has 166 valence electrons. The van der Waals surface area contributed by atoms with Crippen LogP contribution in [-0.2, 0) is 22.7 Å². The van der Waals surface area contributed by atoms with E-state index in [-0.39, 0.29) is 0 Å². The van der Waals surface area contributed by atoms with Crippen LogP contribution in [0.25, 0.3) is 11.1 Å². The van der Waals surface area contributed by atoms with E-state index in [0.717, 1.165) is 22.3 Å². The summed E-state index contributed by atoms with van der Waals surface area (Å²) in [4.78, 5) is 24.6. The maximum absolute atomic E-state index is 13.0. The molecule has 5 nitrogen and oxygen atoms in total. The van der Waals surface area contributed by atoms with Crippen LogP contribution < -0.4 is 5.32 Å². The van der Waals surface area contributed by atoms with Crippen LogP contribution in [0.2, 0.25) is 0 Å². The fourth-order valence-corrected chi connectivity index (χ4v) is 3.80. The van der Waals surface area contributed by atoms with Crippen LogP contribution in [0.4, 0.5) is 0 Å². The summed E-state index contributed by atoms with van der Waals surface area (Å²) in [6, 6.07) is 24.2. The van der Waals surface area contributed by atoms with E-state index >= 15 is 0 Å². The van der Waals surface area contributed by atoms with E-state index in [1.54, 1.807) is 17.8 Å². The van der Waals surface area contributed by atoms with Gasteiger partial charge in [0.1, 0.15) is 6.04 Å². The average molecular weight is 450 g/mol. The third-order valence-corrected chi connectivity index (χ3v) is 5.65. The molecule has 0 fully saturated rings. The summed E-state index contributed by atoms with van der Waals surface area (Å²) >= 11 is 1.55. The number of hydrogen-bond acceptors (Lipinski definition) is 4. The number of rotatable bonds is 11. The van der Waals surface area contributed by atoms with Gasteiger partial charge < -0.3 is 15.2 Å². The number of ether oxygens (including phenoxy) is 1. The van der Waals surface area contributed by atoms with Crippen molar-refractivity contribution in [1.29, 1.82) is 0 Å². The summed E-state index contributed by atoms with van der Waals surface area (Å²) < 4.78 is 5.86. The molecule has 0 bridgehead atoms. The van der Waals surface area contributed by atoms with Gasteiger partial charge in [-0.05, 0) is 52.8 Å². The summed E-state index contributed by atoms with van der Waals surface area (Å²) in [7, 11) is 0. The molecule has 0 heterocycles. The number of thioether (sulfide) groups is 1. The molecule has 1 amide bonds. The second-order valence-electron chi connectivity index (χ2n) is 7.37. The first-order chi connectivity index (χ1) is 15.6. The van der Waals surface area contributed by atoms with Crippen LogP contribution in [0.3, 0.4) is 0 Å². The number of hydrogen-bond donors (Lipinski definition) is 2. The Balaban J connectivity index is 1.80. The molecule has 0 aliphatic rings. The topological polar surface area (TPSA) is 75.6 Å². The molecule has 2 N–H and O–H groups in total. The summed E-state index contributed by atoms with van der Waals surface area (Å²) in [5, 5.41) is 12.2. The Morgan fingerprint density at radius 1 is 0.938 bits per heavy atom. The van der Waals surface area contributed by atoms with E-state index < -0.39 is 17.9 Å². The van der Waals surface area contributed by atoms with Crippen molar-refractivity contribution in [3.63, 3.8) is 0 Å². The van der Waals surface area contributed by atoms with Crippen LogP contribution >= 0.6 is 11.8 Å². The maximum atomic E-state index is 13.0. The van der Waals surface area contributed by atoms with E-state index in [0.29, 0.717) is 31.0 Å². The Morgan fingerprint density at radius 2 is 1.59 bits per heavy atom. The highest BCUT2D eigenvalue weighted by Crippen LogP contribution is 2.26. The lowest BCUT2D eigenvalue weighted by Crippen LogP contribution is -2.41. The van der Waals surface area contributed by atoms with E-state index in [1.807, 2.05) is 79.1 Å². The van der Waals surface area contributed by atoms with Gasteiger partial charge in [-0.15, -0.1) is 0 Å². The van der Waals surface area contributed by atoms with Crippen LogP contribution in [0.1, 0.15) is 27.9 Å². The predicted molar refractivity (Wildman–Crippen MR) is 129 cm³/mol. The quantitative estimate of drug-likeness (QED) is 0.431. The average Bonchev–Trinajstić information content (AvgIpc) is 2.82. The summed E-state index contributed by atoms with van der Waals surface area (Å²) in [5.74, 6) is -0.769. The molecule has 3 rings (SSSR count). The molecule has 0 aliphatic heterocycles. The van der Waals surface area contributed by atoms with Gasteiger partial charge in [0.2, 0.25) is 0 Å². The highest BCUT2D eigenvalue weighted by molar-refractivity contribution is 7.98. The Bertz CT molecular complexity index is 1020. The van der Waals surface area contributed by atoms with Crippen LogP contribution in [0, 0.1) is 0 Å². The third-order valence-electron chi connectivity index (χ3n) is 5.01. The lowest BCUT2D eigenvalue weighted by molar-refractivity contribution is -0.139. The van der Waals surface area contributed by atoms with Gasteiger partial charge in [-0.2, -0.15) is 11.8 Å². The molecule has 6 heteroatoms. The van der Waals surface area contributed by atoms with Crippen molar-refractivity contribution in [2.45, 2.75) is 25.7 Å². The first-order valence-electron chi connectivity index (χ1n) is 10.4. The van der Waals surface area contributed by atoms with Gasteiger partial charge >= 0.3 is 5.97 Å². The number of benzene rings is 3. The maximum Gasteiger partial charge on any atom is 0.326 e. The fourth-order valence-electron chi connectivity index (χ4n) is 3.33. The van der Waals surface area contributed by atoms with Gasteiger partial charge in [0.25, 0.3) is 5.91 Å². The Labute approximate surface area is 192 Å². The standard InChI is InChI=1S/C26H27NO4S/c1-32-15-14-24(26(29)30)27-25(28)22-13-12-20(16-23(22)21-10-6-3-7-11-21)18-31-17-19-8-4-2-5-9-19/h2-13,16,24H,14-15,17-18H2,1H3,(H,27,28)(H,29,30). The summed E-state index contributed by atoms with van der Waals surface area (Å²) in [6.45, 7) is 0.904. The molecule has 0 saturated carbocycles. The number of carbonyl (C=O) groups is 2. The van der Waals surface area contributed by atoms with Crippen molar-refractivity contribution in [1.82, 2.24) is 5.32 Å². The van der Waals surface area contributed by atoms with Gasteiger partial charge in [-0.25, -0.2) is 4.79 Å². The van der Waals surface area contributed by atoms with Crippen molar-refractivity contribution < 1.29 is 19.4 Å². The highest BCUT2D eigenvalue weighted by Gasteiger charge is 2.22. The molecule has 0 saturated heterocycles. The summed E-state index contributed by atoms with van der Waals surface area (Å²) in [5.41, 5.74) is 4.11. The van der Waals surface area contributed by atoms with Crippen molar-refractivity contribution >= 4 is 23.6 Å². The van der Waals surface area contributed by atoms with Gasteiger partial charge in [-0.1, -0.05) is 66.7 Å². The van der Waals surface area contributed by atoms with E-state index in [2.05, 4.69) is 5.32 Å². The first kappa shape index (κ1) is 23.6. The number of carboxylic acid groups (broad SMARTS) is 1. The first-order valence-corrected chi connectivity index (χ1v) is 11.8. The number of aliphatic carboxylic acids is 1. The summed E-state index contributed by atoms with van der Waals surface area (Å²) in [6.07, 6.45) is 2.28. The van der Waals surface area contributed by atoms with Crippen LogP contribution in [0.15, 0.2) is 78.9 Å². The smallest absolute Gasteiger partial charge is 0.326 e. The molecule has 1 unspecified atom stereocenters. The lowest BCUT2D eigenvalue weighted by Gasteiger charge is -2.17. The minimum absolute atomic E-state index is 0.369. The zero-order valence-electron chi connectivity index (χ0n) is 18.0. The number of amides is 1.